The maximum Gasteiger partial charge on any atom is 0.312 e. The fourth-order valence-corrected chi connectivity index (χ4v) is 4.67. The topological polar surface area (TPSA) is 50.1 Å². The molecule has 0 bridgehead atoms. The van der Waals surface area contributed by atoms with Gasteiger partial charge in [-0.25, -0.2) is 4.99 Å². The van der Waals surface area contributed by atoms with Gasteiger partial charge >= 0.3 is 5.97 Å². The van der Waals surface area contributed by atoms with Crippen LogP contribution in [0.1, 0.15) is 37.6 Å². The third kappa shape index (κ3) is 4.51. The van der Waals surface area contributed by atoms with Crippen molar-refractivity contribution in [3.8, 4) is 0 Å². The molecule has 7 heteroatoms. The molecule has 0 aliphatic carbocycles. The molecule has 0 atom stereocenters. The van der Waals surface area contributed by atoms with Crippen LogP contribution in [0.15, 0.2) is 35.5 Å². The molecular weight excluding hydrogens is 412 g/mol. The predicted molar refractivity (Wildman–Crippen MR) is 124 cm³/mol. The molecule has 0 amide bonds. The van der Waals surface area contributed by atoms with Gasteiger partial charge in [-0.05, 0) is 55.7 Å². The summed E-state index contributed by atoms with van der Waals surface area (Å²) in [6, 6.07) is 8.21. The quantitative estimate of drug-likeness (QED) is 0.672. The molecule has 166 valence electrons. The van der Waals surface area contributed by atoms with Crippen molar-refractivity contribution in [2.45, 2.75) is 33.7 Å². The standard InChI is InChI=1S/C24H31ClN4O2/c1-5-17-12-21-22(26-20-7-6-19(25)13-18(20)15-29(21)14-17)28-10-8-27(9-11-28)16-24(2,3)23(30)31-4/h6-7,12-14H,5,8-11,15-16H2,1-4H3. The number of rotatable bonds is 4. The molecule has 1 fully saturated rings. The molecule has 2 aliphatic heterocycles. The van der Waals surface area contributed by atoms with Crippen LogP contribution in [-0.4, -0.2) is 66.0 Å². The van der Waals surface area contributed by atoms with E-state index in [4.69, 9.17) is 21.3 Å². The number of aryl methyl sites for hydroxylation is 1. The lowest BCUT2D eigenvalue weighted by Gasteiger charge is -2.39. The largest absolute Gasteiger partial charge is 0.469 e. The van der Waals surface area contributed by atoms with Crippen LogP contribution in [0.3, 0.4) is 0 Å². The Morgan fingerprint density at radius 3 is 2.61 bits per heavy atom. The van der Waals surface area contributed by atoms with E-state index < -0.39 is 5.41 Å². The number of methoxy groups -OCH3 is 1. The second-order valence-electron chi connectivity index (χ2n) is 9.06. The van der Waals surface area contributed by atoms with E-state index in [1.54, 1.807) is 0 Å². The van der Waals surface area contributed by atoms with E-state index in [0.717, 1.165) is 66.9 Å². The molecule has 0 N–H and O–H groups in total. The van der Waals surface area contributed by atoms with E-state index in [1.165, 1.54) is 12.7 Å². The van der Waals surface area contributed by atoms with E-state index in [2.05, 4.69) is 33.6 Å². The lowest BCUT2D eigenvalue weighted by molar-refractivity contribution is -0.152. The van der Waals surface area contributed by atoms with Gasteiger partial charge in [0.05, 0.1) is 23.9 Å². The Morgan fingerprint density at radius 2 is 1.94 bits per heavy atom. The number of halogens is 1. The van der Waals surface area contributed by atoms with Crippen LogP contribution in [0.2, 0.25) is 5.02 Å². The zero-order chi connectivity index (χ0) is 22.2. The smallest absolute Gasteiger partial charge is 0.312 e. The van der Waals surface area contributed by atoms with E-state index >= 15 is 0 Å². The lowest BCUT2D eigenvalue weighted by Crippen LogP contribution is -2.52. The van der Waals surface area contributed by atoms with Crippen LogP contribution >= 0.6 is 11.6 Å². The van der Waals surface area contributed by atoms with Crippen molar-refractivity contribution in [3.63, 3.8) is 0 Å². The van der Waals surface area contributed by atoms with Gasteiger partial charge in [-0.15, -0.1) is 0 Å². The first kappa shape index (κ1) is 21.9. The Bertz CT molecular complexity index is 1000. The van der Waals surface area contributed by atoms with E-state index in [0.29, 0.717) is 6.54 Å². The van der Waals surface area contributed by atoms with Crippen molar-refractivity contribution < 1.29 is 9.53 Å². The van der Waals surface area contributed by atoms with Crippen molar-refractivity contribution in [2.24, 2.45) is 10.4 Å². The van der Waals surface area contributed by atoms with Crippen LogP contribution in [0, 0.1) is 5.41 Å². The molecule has 1 saturated heterocycles. The molecule has 31 heavy (non-hydrogen) atoms. The summed E-state index contributed by atoms with van der Waals surface area (Å²) in [5.41, 5.74) is 4.08. The minimum absolute atomic E-state index is 0.164. The Hall–Kier alpha value is -2.31. The first-order chi connectivity index (χ1) is 14.8. The summed E-state index contributed by atoms with van der Waals surface area (Å²) >= 11 is 6.27. The van der Waals surface area contributed by atoms with Gasteiger partial charge < -0.3 is 14.2 Å². The summed E-state index contributed by atoms with van der Waals surface area (Å²) in [5, 5.41) is 0.739. The van der Waals surface area contributed by atoms with Crippen molar-refractivity contribution in [2.75, 3.05) is 39.8 Å². The van der Waals surface area contributed by atoms with Crippen molar-refractivity contribution in [1.29, 1.82) is 0 Å². The van der Waals surface area contributed by atoms with Gasteiger partial charge in [0.15, 0.2) is 5.84 Å². The third-order valence-electron chi connectivity index (χ3n) is 6.23. The number of esters is 1. The number of fused-ring (bicyclic) bond motifs is 2. The average molecular weight is 443 g/mol. The van der Waals surface area contributed by atoms with Crippen molar-refractivity contribution in [1.82, 2.24) is 14.4 Å². The molecule has 4 rings (SSSR count). The van der Waals surface area contributed by atoms with Crippen LogP contribution < -0.4 is 0 Å². The summed E-state index contributed by atoms with van der Waals surface area (Å²) in [6.45, 7) is 11.0. The number of nitrogens with zero attached hydrogens (tertiary/aromatic N) is 4. The number of piperazine rings is 1. The number of carbonyl (C=O) groups excluding carboxylic acids is 1. The predicted octanol–water partition coefficient (Wildman–Crippen LogP) is 3.96. The molecule has 1 aromatic heterocycles. The molecule has 3 heterocycles. The average Bonchev–Trinajstić information content (AvgIpc) is 3.09. The summed E-state index contributed by atoms with van der Waals surface area (Å²) in [6.07, 6.45) is 3.22. The molecule has 2 aliphatic rings. The molecule has 0 spiro atoms. The fourth-order valence-electron chi connectivity index (χ4n) is 4.48. The first-order valence-electron chi connectivity index (χ1n) is 10.9. The molecule has 6 nitrogen and oxygen atoms in total. The SMILES string of the molecule is CCc1cc2n(c1)Cc1cc(Cl)ccc1N=C2N1CCN(CC(C)(C)C(=O)OC)CC1. The number of ether oxygens (including phenoxy) is 1. The van der Waals surface area contributed by atoms with Gasteiger partial charge in [-0.2, -0.15) is 0 Å². The molecular formula is C24H31ClN4O2. The Morgan fingerprint density at radius 1 is 1.19 bits per heavy atom. The minimum Gasteiger partial charge on any atom is -0.469 e. The normalized spacial score (nSPS) is 16.9. The maximum atomic E-state index is 12.1. The molecule has 0 unspecified atom stereocenters. The highest BCUT2D eigenvalue weighted by atomic mass is 35.5. The van der Waals surface area contributed by atoms with Gasteiger partial charge in [0, 0.05) is 50.5 Å². The van der Waals surface area contributed by atoms with Gasteiger partial charge in [0.1, 0.15) is 0 Å². The molecule has 1 aromatic carbocycles. The molecule has 2 aromatic rings. The second-order valence-corrected chi connectivity index (χ2v) is 9.50. The van der Waals surface area contributed by atoms with Crippen molar-refractivity contribution >= 4 is 29.1 Å². The number of amidine groups is 1. The number of hydrogen-bond acceptors (Lipinski definition) is 5. The Balaban J connectivity index is 1.58. The maximum absolute atomic E-state index is 12.1. The Kier molecular flexibility index (Phi) is 6.13. The number of hydrogen-bond donors (Lipinski definition) is 0. The van der Waals surface area contributed by atoms with Crippen molar-refractivity contribution in [3.05, 3.63) is 52.3 Å². The van der Waals surface area contributed by atoms with E-state index in [-0.39, 0.29) is 5.97 Å². The van der Waals surface area contributed by atoms with Gasteiger partial charge in [-0.1, -0.05) is 18.5 Å². The second kappa shape index (κ2) is 8.67. The zero-order valence-electron chi connectivity index (χ0n) is 18.8. The lowest BCUT2D eigenvalue weighted by atomic mass is 9.92. The summed E-state index contributed by atoms with van der Waals surface area (Å²) < 4.78 is 7.27. The van der Waals surface area contributed by atoms with Crippen LogP contribution in [0.4, 0.5) is 5.69 Å². The van der Waals surface area contributed by atoms with Gasteiger partial charge in [0.2, 0.25) is 0 Å². The monoisotopic (exact) mass is 442 g/mol. The van der Waals surface area contributed by atoms with E-state index in [1.807, 2.05) is 32.0 Å². The summed E-state index contributed by atoms with van der Waals surface area (Å²) in [5.74, 6) is 0.857. The Labute approximate surface area is 189 Å². The van der Waals surface area contributed by atoms with Gasteiger partial charge in [0.25, 0.3) is 0 Å². The summed E-state index contributed by atoms with van der Waals surface area (Å²) in [4.78, 5) is 21.9. The number of aromatic nitrogens is 1. The van der Waals surface area contributed by atoms with Crippen LogP contribution in [0.25, 0.3) is 0 Å². The minimum atomic E-state index is -0.514. The zero-order valence-corrected chi connectivity index (χ0v) is 19.6. The molecule has 0 saturated carbocycles. The fraction of sp³-hybridized carbons (Fsp3) is 0.500. The highest BCUT2D eigenvalue weighted by Gasteiger charge is 2.33. The highest BCUT2D eigenvalue weighted by Crippen LogP contribution is 2.30. The molecule has 0 radical (unpaired) electrons. The van der Waals surface area contributed by atoms with Gasteiger partial charge in [-0.3, -0.25) is 9.69 Å². The van der Waals surface area contributed by atoms with Crippen LogP contribution in [-0.2, 0) is 22.5 Å². The third-order valence-corrected chi connectivity index (χ3v) is 6.46. The highest BCUT2D eigenvalue weighted by molar-refractivity contribution is 6.30. The van der Waals surface area contributed by atoms with Crippen LogP contribution in [0.5, 0.6) is 0 Å². The first-order valence-corrected chi connectivity index (χ1v) is 11.3. The number of carbonyl (C=O) groups is 1. The summed E-state index contributed by atoms with van der Waals surface area (Å²) in [7, 11) is 1.46. The number of aliphatic imine (C=N–C) groups is 1. The van der Waals surface area contributed by atoms with E-state index in [9.17, 15) is 4.79 Å². The number of benzene rings is 1.